The maximum Gasteiger partial charge on any atom is 0.315 e. The van der Waals surface area contributed by atoms with Crippen molar-refractivity contribution >= 4 is 11.9 Å². The number of carbonyl (C=O) groups excluding carboxylic acids is 2. The van der Waals surface area contributed by atoms with Gasteiger partial charge in [0.1, 0.15) is 12.4 Å². The smallest absolute Gasteiger partial charge is 0.315 e. The van der Waals surface area contributed by atoms with Gasteiger partial charge < -0.3 is 25.4 Å². The summed E-state index contributed by atoms with van der Waals surface area (Å²) in [7, 11) is 1.49. The van der Waals surface area contributed by atoms with Gasteiger partial charge in [-0.3, -0.25) is 4.79 Å². The summed E-state index contributed by atoms with van der Waals surface area (Å²) in [5.74, 6) is 0.595. The van der Waals surface area contributed by atoms with Gasteiger partial charge in [0, 0.05) is 7.05 Å². The van der Waals surface area contributed by atoms with Crippen molar-refractivity contribution in [1.29, 1.82) is 0 Å². The molecule has 2 unspecified atom stereocenters. The van der Waals surface area contributed by atoms with Crippen LogP contribution in [-0.2, 0) is 11.2 Å². The number of rotatable bonds is 6. The van der Waals surface area contributed by atoms with Crippen molar-refractivity contribution in [3.63, 3.8) is 0 Å². The number of nitrogens with one attached hydrogen (secondary N) is 3. The molecule has 0 spiro atoms. The molecule has 2 aromatic carbocycles. The first kappa shape index (κ1) is 19.5. The van der Waals surface area contributed by atoms with Crippen molar-refractivity contribution in [3.8, 4) is 11.5 Å². The van der Waals surface area contributed by atoms with Gasteiger partial charge >= 0.3 is 6.03 Å². The van der Waals surface area contributed by atoms with E-state index in [4.69, 9.17) is 9.47 Å². The minimum Gasteiger partial charge on any atom is -0.486 e. The molecule has 28 heavy (non-hydrogen) atoms. The van der Waals surface area contributed by atoms with E-state index >= 15 is 0 Å². The van der Waals surface area contributed by atoms with Crippen LogP contribution >= 0.6 is 0 Å². The van der Waals surface area contributed by atoms with Crippen molar-refractivity contribution in [2.45, 2.75) is 18.6 Å². The van der Waals surface area contributed by atoms with Crippen molar-refractivity contribution in [1.82, 2.24) is 16.0 Å². The lowest BCUT2D eigenvalue weighted by Crippen LogP contribution is -2.54. The molecule has 1 heterocycles. The summed E-state index contributed by atoms with van der Waals surface area (Å²) in [6, 6.07) is 12.4. The van der Waals surface area contributed by atoms with Crippen molar-refractivity contribution in [2.75, 3.05) is 20.2 Å². The predicted octanol–water partition coefficient (Wildman–Crippen LogP) is 1.62. The quantitative estimate of drug-likeness (QED) is 0.703. The fourth-order valence-corrected chi connectivity index (χ4v) is 2.85. The Labute approximate surface area is 162 Å². The Hall–Kier alpha value is -3.29. The summed E-state index contributed by atoms with van der Waals surface area (Å²) in [5, 5.41) is 7.76. The van der Waals surface area contributed by atoms with E-state index in [0.717, 1.165) is 5.56 Å². The fraction of sp³-hybridized carbons (Fsp3) is 0.300. The van der Waals surface area contributed by atoms with Gasteiger partial charge in [0.05, 0.1) is 12.6 Å². The average Bonchev–Trinajstić information content (AvgIpc) is 2.72. The molecule has 1 aliphatic rings. The number of carbonyl (C=O) groups is 2. The molecule has 148 valence electrons. The zero-order chi connectivity index (χ0) is 19.9. The predicted molar refractivity (Wildman–Crippen MR) is 101 cm³/mol. The zero-order valence-corrected chi connectivity index (χ0v) is 15.4. The lowest BCUT2D eigenvalue weighted by molar-refractivity contribution is -0.119. The van der Waals surface area contributed by atoms with Gasteiger partial charge in [-0.1, -0.05) is 24.3 Å². The lowest BCUT2D eigenvalue weighted by atomic mass is 10.0. The molecule has 0 bridgehead atoms. The molecule has 2 atom stereocenters. The monoisotopic (exact) mass is 387 g/mol. The summed E-state index contributed by atoms with van der Waals surface area (Å²) >= 11 is 0. The first-order chi connectivity index (χ1) is 13.5. The molecule has 1 aliphatic heterocycles. The molecule has 0 aromatic heterocycles. The first-order valence-electron chi connectivity index (χ1n) is 8.93. The highest BCUT2D eigenvalue weighted by Gasteiger charge is 2.30. The minimum absolute atomic E-state index is 0.142. The first-order valence-corrected chi connectivity index (χ1v) is 8.93. The summed E-state index contributed by atoms with van der Waals surface area (Å²) in [6.07, 6.45) is -0.0464. The molecule has 0 radical (unpaired) electrons. The van der Waals surface area contributed by atoms with Crippen molar-refractivity contribution in [2.24, 2.45) is 0 Å². The molecule has 2 aromatic rings. The van der Waals surface area contributed by atoms with Crippen LogP contribution in [0.25, 0.3) is 0 Å². The summed E-state index contributed by atoms with van der Waals surface area (Å²) in [4.78, 5) is 23.6. The molecular formula is C20H22FN3O4. The standard InChI is InChI=1S/C20H22FN3O4/c1-22-19(25)11-23-20(26)24-15(10-13-6-8-14(21)9-7-13)18-12-27-16-4-2-3-5-17(16)28-18/h2-9,15,18H,10-12H2,1H3,(H,22,25)(H2,23,24,26). The third-order valence-corrected chi connectivity index (χ3v) is 4.35. The van der Waals surface area contributed by atoms with Gasteiger partial charge in [0.2, 0.25) is 5.91 Å². The Bertz CT molecular complexity index is 828. The summed E-state index contributed by atoms with van der Waals surface area (Å²) < 4.78 is 25.0. The van der Waals surface area contributed by atoms with Crippen LogP contribution < -0.4 is 25.4 Å². The number of halogens is 1. The molecule has 0 saturated carbocycles. The van der Waals surface area contributed by atoms with Crippen molar-refractivity contribution in [3.05, 3.63) is 59.9 Å². The van der Waals surface area contributed by atoms with E-state index in [1.54, 1.807) is 18.2 Å². The average molecular weight is 387 g/mol. The number of likely N-dealkylation sites (N-methyl/N-ethyl adjacent to an activating group) is 1. The molecule has 0 fully saturated rings. The molecule has 3 rings (SSSR count). The van der Waals surface area contributed by atoms with Crippen LogP contribution in [0.1, 0.15) is 5.56 Å². The molecule has 0 aliphatic carbocycles. The van der Waals surface area contributed by atoms with E-state index in [0.29, 0.717) is 17.9 Å². The highest BCUT2D eigenvalue weighted by atomic mass is 19.1. The molecule has 3 amide bonds. The number of hydrogen-bond acceptors (Lipinski definition) is 4. The topological polar surface area (TPSA) is 88.7 Å². The molecule has 3 N–H and O–H groups in total. The van der Waals surface area contributed by atoms with Crippen LogP contribution in [0, 0.1) is 5.82 Å². The third-order valence-electron chi connectivity index (χ3n) is 4.35. The normalized spacial score (nSPS) is 16.0. The summed E-state index contributed by atoms with van der Waals surface area (Å²) in [6.45, 7) is 0.106. The Balaban J connectivity index is 1.71. The summed E-state index contributed by atoms with van der Waals surface area (Å²) in [5.41, 5.74) is 0.834. The lowest BCUT2D eigenvalue weighted by Gasteiger charge is -2.32. The van der Waals surface area contributed by atoms with Crippen LogP contribution in [-0.4, -0.2) is 44.3 Å². The van der Waals surface area contributed by atoms with E-state index in [9.17, 15) is 14.0 Å². The van der Waals surface area contributed by atoms with Crippen LogP contribution in [0.4, 0.5) is 9.18 Å². The van der Waals surface area contributed by atoms with Crippen LogP contribution in [0.3, 0.4) is 0 Å². The SMILES string of the molecule is CNC(=O)CNC(=O)NC(Cc1ccc(F)cc1)C1COc2ccccc2O1. The maximum absolute atomic E-state index is 13.2. The van der Waals surface area contributed by atoms with E-state index in [1.165, 1.54) is 19.2 Å². The third kappa shape index (κ3) is 5.12. The number of para-hydroxylation sites is 2. The van der Waals surface area contributed by atoms with Crippen LogP contribution in [0.15, 0.2) is 48.5 Å². The molecule has 8 heteroatoms. The second-order valence-corrected chi connectivity index (χ2v) is 6.35. The number of benzene rings is 2. The van der Waals surface area contributed by atoms with Crippen LogP contribution in [0.2, 0.25) is 0 Å². The Morgan fingerprint density at radius 3 is 2.57 bits per heavy atom. The molecule has 7 nitrogen and oxygen atoms in total. The highest BCUT2D eigenvalue weighted by Crippen LogP contribution is 2.32. The Morgan fingerprint density at radius 1 is 1.14 bits per heavy atom. The van der Waals surface area contributed by atoms with Crippen molar-refractivity contribution < 1.29 is 23.5 Å². The van der Waals surface area contributed by atoms with Gasteiger partial charge in [0.15, 0.2) is 17.6 Å². The Morgan fingerprint density at radius 2 is 1.86 bits per heavy atom. The number of ether oxygens (including phenoxy) is 2. The number of hydrogen-bond donors (Lipinski definition) is 3. The van der Waals surface area contributed by atoms with E-state index in [1.807, 2.05) is 18.2 Å². The van der Waals surface area contributed by atoms with Crippen LogP contribution in [0.5, 0.6) is 11.5 Å². The van der Waals surface area contributed by atoms with E-state index in [2.05, 4.69) is 16.0 Å². The van der Waals surface area contributed by atoms with Gasteiger partial charge in [-0.15, -0.1) is 0 Å². The second kappa shape index (κ2) is 9.07. The molecule has 0 saturated heterocycles. The molecular weight excluding hydrogens is 365 g/mol. The largest absolute Gasteiger partial charge is 0.486 e. The zero-order valence-electron chi connectivity index (χ0n) is 15.4. The van der Waals surface area contributed by atoms with Gasteiger partial charge in [-0.2, -0.15) is 0 Å². The van der Waals surface area contributed by atoms with Gasteiger partial charge in [0.25, 0.3) is 0 Å². The van der Waals surface area contributed by atoms with E-state index in [-0.39, 0.29) is 24.9 Å². The fourth-order valence-electron chi connectivity index (χ4n) is 2.85. The maximum atomic E-state index is 13.2. The van der Waals surface area contributed by atoms with Gasteiger partial charge in [-0.25, -0.2) is 9.18 Å². The second-order valence-electron chi connectivity index (χ2n) is 6.35. The van der Waals surface area contributed by atoms with E-state index < -0.39 is 18.2 Å². The highest BCUT2D eigenvalue weighted by molar-refractivity contribution is 5.83. The number of amides is 3. The Kier molecular flexibility index (Phi) is 6.31. The van der Waals surface area contributed by atoms with Gasteiger partial charge in [-0.05, 0) is 36.2 Å². The number of fused-ring (bicyclic) bond motifs is 1. The number of urea groups is 1. The minimum atomic E-state index is -0.502.